The van der Waals surface area contributed by atoms with Crippen molar-refractivity contribution in [2.24, 2.45) is 5.73 Å². The summed E-state index contributed by atoms with van der Waals surface area (Å²) in [6.07, 6.45) is 1.90. The van der Waals surface area contributed by atoms with Crippen molar-refractivity contribution in [2.45, 2.75) is 12.5 Å². The molecule has 4 heteroatoms. The van der Waals surface area contributed by atoms with Crippen LogP contribution in [-0.2, 0) is 0 Å². The summed E-state index contributed by atoms with van der Waals surface area (Å²) in [6, 6.07) is 3.05. The summed E-state index contributed by atoms with van der Waals surface area (Å²) in [6.45, 7) is 3.46. The number of halogens is 3. The second kappa shape index (κ2) is 5.73. The van der Waals surface area contributed by atoms with Crippen LogP contribution in [0.15, 0.2) is 30.9 Å². The molecule has 0 heterocycles. The fourth-order valence-electron chi connectivity index (χ4n) is 1.16. The summed E-state index contributed by atoms with van der Waals surface area (Å²) in [5.41, 5.74) is 5.49. The van der Waals surface area contributed by atoms with Crippen molar-refractivity contribution in [1.82, 2.24) is 0 Å². The quantitative estimate of drug-likeness (QED) is 0.778. The Balaban J connectivity index is 0.00000169. The standard InChI is InChI=1S/C10H11F2N.ClH/c1-2-4-9(13)10-7(11)5-3-6-8(10)12;/h2-3,5-6,9H,1,4,13H2;1H/t9-;/m1./s1. The molecule has 1 aromatic rings. The molecule has 1 nitrogen and oxygen atoms in total. The van der Waals surface area contributed by atoms with Gasteiger partial charge in [-0.25, -0.2) is 8.78 Å². The van der Waals surface area contributed by atoms with E-state index in [2.05, 4.69) is 6.58 Å². The highest BCUT2D eigenvalue weighted by Crippen LogP contribution is 2.21. The predicted octanol–water partition coefficient (Wildman–Crippen LogP) is 2.96. The van der Waals surface area contributed by atoms with Gasteiger partial charge in [0.25, 0.3) is 0 Å². The highest BCUT2D eigenvalue weighted by molar-refractivity contribution is 5.85. The zero-order valence-corrected chi connectivity index (χ0v) is 8.36. The van der Waals surface area contributed by atoms with Crippen LogP contribution in [0.5, 0.6) is 0 Å². The highest BCUT2D eigenvalue weighted by atomic mass is 35.5. The molecular formula is C10H12ClF2N. The number of hydrogen-bond acceptors (Lipinski definition) is 1. The molecule has 0 radical (unpaired) electrons. The van der Waals surface area contributed by atoms with Gasteiger partial charge >= 0.3 is 0 Å². The molecule has 0 saturated carbocycles. The van der Waals surface area contributed by atoms with Crippen LogP contribution >= 0.6 is 12.4 Å². The Morgan fingerprint density at radius 3 is 2.29 bits per heavy atom. The Kier molecular flexibility index (Phi) is 5.35. The molecule has 1 rings (SSSR count). The van der Waals surface area contributed by atoms with E-state index in [-0.39, 0.29) is 18.0 Å². The largest absolute Gasteiger partial charge is 0.324 e. The van der Waals surface area contributed by atoms with Crippen molar-refractivity contribution < 1.29 is 8.78 Å². The van der Waals surface area contributed by atoms with Crippen LogP contribution in [-0.4, -0.2) is 0 Å². The summed E-state index contributed by atoms with van der Waals surface area (Å²) in [5.74, 6) is -1.20. The summed E-state index contributed by atoms with van der Waals surface area (Å²) >= 11 is 0. The van der Waals surface area contributed by atoms with Gasteiger partial charge in [0.1, 0.15) is 11.6 Å². The number of benzene rings is 1. The van der Waals surface area contributed by atoms with Gasteiger partial charge in [0.15, 0.2) is 0 Å². The van der Waals surface area contributed by atoms with Crippen LogP contribution in [0, 0.1) is 11.6 Å². The van der Waals surface area contributed by atoms with Crippen molar-refractivity contribution in [1.29, 1.82) is 0 Å². The lowest BCUT2D eigenvalue weighted by atomic mass is 10.0. The first-order valence-corrected chi connectivity index (χ1v) is 3.97. The molecule has 0 aliphatic rings. The van der Waals surface area contributed by atoms with E-state index in [1.54, 1.807) is 0 Å². The van der Waals surface area contributed by atoms with Crippen LogP contribution in [0.4, 0.5) is 8.78 Å². The number of hydrogen-bond donors (Lipinski definition) is 1. The molecule has 1 aromatic carbocycles. The molecule has 78 valence electrons. The molecule has 0 spiro atoms. The first-order valence-electron chi connectivity index (χ1n) is 3.97. The molecule has 1 atom stereocenters. The van der Waals surface area contributed by atoms with Gasteiger partial charge in [0.2, 0.25) is 0 Å². The van der Waals surface area contributed by atoms with Gasteiger partial charge in [-0.1, -0.05) is 12.1 Å². The third-order valence-corrected chi connectivity index (χ3v) is 1.79. The van der Waals surface area contributed by atoms with E-state index >= 15 is 0 Å². The average molecular weight is 220 g/mol. The SMILES string of the molecule is C=CC[C@@H](N)c1c(F)cccc1F.Cl. The lowest BCUT2D eigenvalue weighted by Crippen LogP contribution is -2.13. The van der Waals surface area contributed by atoms with E-state index in [1.165, 1.54) is 24.3 Å². The highest BCUT2D eigenvalue weighted by Gasteiger charge is 2.14. The van der Waals surface area contributed by atoms with Gasteiger partial charge in [-0.2, -0.15) is 0 Å². The molecule has 0 unspecified atom stereocenters. The molecule has 0 saturated heterocycles. The van der Waals surface area contributed by atoms with Gasteiger partial charge in [-0.3, -0.25) is 0 Å². The third-order valence-electron chi connectivity index (χ3n) is 1.79. The van der Waals surface area contributed by atoms with Crippen molar-refractivity contribution in [3.63, 3.8) is 0 Å². The second-order valence-corrected chi connectivity index (χ2v) is 2.77. The Morgan fingerprint density at radius 2 is 1.86 bits per heavy atom. The van der Waals surface area contributed by atoms with E-state index in [0.29, 0.717) is 6.42 Å². The molecule has 0 bridgehead atoms. The topological polar surface area (TPSA) is 26.0 Å². The Morgan fingerprint density at radius 1 is 1.36 bits per heavy atom. The van der Waals surface area contributed by atoms with Gasteiger partial charge < -0.3 is 5.73 Å². The Labute approximate surface area is 88.0 Å². The lowest BCUT2D eigenvalue weighted by molar-refractivity contribution is 0.527. The van der Waals surface area contributed by atoms with Crippen LogP contribution in [0.25, 0.3) is 0 Å². The van der Waals surface area contributed by atoms with Crippen molar-refractivity contribution >= 4 is 12.4 Å². The Hall–Kier alpha value is -0.930. The van der Waals surface area contributed by atoms with E-state index in [1.807, 2.05) is 0 Å². The van der Waals surface area contributed by atoms with Gasteiger partial charge in [-0.05, 0) is 18.6 Å². The first kappa shape index (κ1) is 13.1. The minimum Gasteiger partial charge on any atom is -0.324 e. The van der Waals surface area contributed by atoms with E-state index in [9.17, 15) is 8.78 Å². The number of rotatable bonds is 3. The number of nitrogens with two attached hydrogens (primary N) is 1. The molecule has 0 amide bonds. The molecule has 0 fully saturated rings. The monoisotopic (exact) mass is 219 g/mol. The average Bonchev–Trinajstić information content (AvgIpc) is 2.04. The zero-order valence-electron chi connectivity index (χ0n) is 7.54. The van der Waals surface area contributed by atoms with Crippen molar-refractivity contribution in [3.8, 4) is 0 Å². The summed E-state index contributed by atoms with van der Waals surface area (Å²) in [4.78, 5) is 0. The summed E-state index contributed by atoms with van der Waals surface area (Å²) in [5, 5.41) is 0. The zero-order chi connectivity index (χ0) is 9.84. The minimum absolute atomic E-state index is 0. The van der Waals surface area contributed by atoms with Crippen LogP contribution < -0.4 is 5.73 Å². The lowest BCUT2D eigenvalue weighted by Gasteiger charge is -2.11. The van der Waals surface area contributed by atoms with Crippen LogP contribution in [0.1, 0.15) is 18.0 Å². The Bertz CT molecular complexity index is 295. The van der Waals surface area contributed by atoms with Crippen molar-refractivity contribution in [3.05, 3.63) is 48.1 Å². The molecule has 0 aromatic heterocycles. The van der Waals surface area contributed by atoms with Crippen LogP contribution in [0.2, 0.25) is 0 Å². The smallest absolute Gasteiger partial charge is 0.130 e. The van der Waals surface area contributed by atoms with Gasteiger partial charge in [0.05, 0.1) is 0 Å². The molecule has 2 N–H and O–H groups in total. The minimum atomic E-state index is -0.654. The molecule has 0 aliphatic carbocycles. The third kappa shape index (κ3) is 2.79. The van der Waals surface area contributed by atoms with E-state index < -0.39 is 17.7 Å². The van der Waals surface area contributed by atoms with Crippen molar-refractivity contribution in [2.75, 3.05) is 0 Å². The van der Waals surface area contributed by atoms with E-state index in [4.69, 9.17) is 5.73 Å². The molecule has 14 heavy (non-hydrogen) atoms. The molecular weight excluding hydrogens is 208 g/mol. The van der Waals surface area contributed by atoms with Gasteiger partial charge in [-0.15, -0.1) is 19.0 Å². The van der Waals surface area contributed by atoms with E-state index in [0.717, 1.165) is 0 Å². The fraction of sp³-hybridized carbons (Fsp3) is 0.200. The maximum absolute atomic E-state index is 13.1. The fourth-order valence-corrected chi connectivity index (χ4v) is 1.16. The molecule has 0 aliphatic heterocycles. The normalized spacial score (nSPS) is 11.6. The summed E-state index contributed by atoms with van der Waals surface area (Å²) < 4.78 is 26.1. The summed E-state index contributed by atoms with van der Waals surface area (Å²) in [7, 11) is 0. The maximum Gasteiger partial charge on any atom is 0.130 e. The first-order chi connectivity index (χ1) is 6.16. The van der Waals surface area contributed by atoms with Crippen LogP contribution in [0.3, 0.4) is 0 Å². The predicted molar refractivity (Wildman–Crippen MR) is 55.3 cm³/mol. The van der Waals surface area contributed by atoms with Gasteiger partial charge in [0, 0.05) is 11.6 Å². The second-order valence-electron chi connectivity index (χ2n) is 2.77. The maximum atomic E-state index is 13.1.